The van der Waals surface area contributed by atoms with Gasteiger partial charge >= 0.3 is 0 Å². The third-order valence-corrected chi connectivity index (χ3v) is 5.05. The van der Waals surface area contributed by atoms with Gasteiger partial charge in [0.05, 0.1) is 29.3 Å². The van der Waals surface area contributed by atoms with Crippen LogP contribution in [0.1, 0.15) is 34.5 Å². The summed E-state index contributed by atoms with van der Waals surface area (Å²) in [7, 11) is 1.49. The van der Waals surface area contributed by atoms with Crippen LogP contribution in [0, 0.1) is 5.82 Å². The maximum Gasteiger partial charge on any atom is 0.255 e. The standard InChI is InChI=1S/C22H21FN4O3/c1-30-20-15(21(28)25-18-3-2-12-24-22(18)29)9-11-17-19(20)16(26-27-17)10-6-13-4-7-14(23)8-5-13/h4-11,18H,2-3,12H2,1H3,(H,24,29)(H,25,28)(H,26,27). The lowest BCUT2D eigenvalue weighted by atomic mass is 10.0. The Labute approximate surface area is 172 Å². The van der Waals surface area contributed by atoms with E-state index >= 15 is 0 Å². The fourth-order valence-corrected chi connectivity index (χ4v) is 3.51. The van der Waals surface area contributed by atoms with Gasteiger partial charge in [-0.05, 0) is 48.7 Å². The Kier molecular flexibility index (Phi) is 5.47. The molecule has 0 aliphatic carbocycles. The topological polar surface area (TPSA) is 96.1 Å². The summed E-state index contributed by atoms with van der Waals surface area (Å²) in [6, 6.07) is 8.91. The number of ether oxygens (including phenoxy) is 1. The van der Waals surface area contributed by atoms with Crippen molar-refractivity contribution in [2.24, 2.45) is 0 Å². The molecule has 0 radical (unpaired) electrons. The maximum atomic E-state index is 13.1. The summed E-state index contributed by atoms with van der Waals surface area (Å²) in [5.74, 6) is -0.499. The van der Waals surface area contributed by atoms with Gasteiger partial charge < -0.3 is 15.4 Å². The summed E-state index contributed by atoms with van der Waals surface area (Å²) >= 11 is 0. The summed E-state index contributed by atoms with van der Waals surface area (Å²) in [4.78, 5) is 24.8. The largest absolute Gasteiger partial charge is 0.495 e. The zero-order valence-corrected chi connectivity index (χ0v) is 16.4. The van der Waals surface area contributed by atoms with E-state index in [1.54, 1.807) is 36.4 Å². The Morgan fingerprint density at radius 3 is 2.77 bits per heavy atom. The van der Waals surface area contributed by atoms with E-state index in [1.807, 2.05) is 0 Å². The molecular formula is C22H21FN4O3. The number of nitrogens with zero attached hydrogens (tertiary/aromatic N) is 1. The van der Waals surface area contributed by atoms with Gasteiger partial charge in [-0.1, -0.05) is 18.2 Å². The molecule has 1 fully saturated rings. The molecule has 7 nitrogen and oxygen atoms in total. The van der Waals surface area contributed by atoms with E-state index in [4.69, 9.17) is 4.74 Å². The Balaban J connectivity index is 1.66. The van der Waals surface area contributed by atoms with Gasteiger partial charge in [0, 0.05) is 6.54 Å². The van der Waals surface area contributed by atoms with Crippen molar-refractivity contribution < 1.29 is 18.7 Å². The molecule has 1 aliphatic rings. The Morgan fingerprint density at radius 2 is 2.03 bits per heavy atom. The monoisotopic (exact) mass is 408 g/mol. The van der Waals surface area contributed by atoms with Crippen molar-refractivity contribution in [2.45, 2.75) is 18.9 Å². The number of rotatable bonds is 5. The average molecular weight is 408 g/mol. The molecule has 1 aromatic heterocycles. The molecule has 3 N–H and O–H groups in total. The van der Waals surface area contributed by atoms with Gasteiger partial charge in [0.15, 0.2) is 0 Å². The number of H-pyrrole nitrogens is 1. The Hall–Kier alpha value is -3.68. The summed E-state index contributed by atoms with van der Waals surface area (Å²) in [5.41, 5.74) is 2.42. The van der Waals surface area contributed by atoms with Crippen LogP contribution in [0.3, 0.4) is 0 Å². The van der Waals surface area contributed by atoms with Gasteiger partial charge in [0.25, 0.3) is 5.91 Å². The molecule has 0 saturated carbocycles. The van der Waals surface area contributed by atoms with Crippen molar-refractivity contribution in [3.05, 3.63) is 59.0 Å². The molecule has 2 heterocycles. The van der Waals surface area contributed by atoms with Crippen LogP contribution in [-0.2, 0) is 4.79 Å². The van der Waals surface area contributed by atoms with E-state index < -0.39 is 6.04 Å². The molecule has 1 atom stereocenters. The van der Waals surface area contributed by atoms with E-state index in [9.17, 15) is 14.0 Å². The fraction of sp³-hybridized carbons (Fsp3) is 0.227. The molecule has 1 unspecified atom stereocenters. The number of benzene rings is 2. The third kappa shape index (κ3) is 3.89. The third-order valence-electron chi connectivity index (χ3n) is 5.05. The average Bonchev–Trinajstić information content (AvgIpc) is 3.17. The molecule has 8 heteroatoms. The van der Waals surface area contributed by atoms with Crippen molar-refractivity contribution in [1.82, 2.24) is 20.8 Å². The number of aromatic nitrogens is 2. The molecule has 0 spiro atoms. The zero-order chi connectivity index (χ0) is 21.1. The lowest BCUT2D eigenvalue weighted by Gasteiger charge is -2.23. The second-order valence-electron chi connectivity index (χ2n) is 7.02. The highest BCUT2D eigenvalue weighted by Gasteiger charge is 2.26. The quantitative estimate of drug-likeness (QED) is 0.605. The first-order valence-electron chi connectivity index (χ1n) is 9.64. The van der Waals surface area contributed by atoms with Crippen LogP contribution >= 0.6 is 0 Å². The van der Waals surface area contributed by atoms with Crippen LogP contribution in [0.5, 0.6) is 5.75 Å². The molecule has 4 rings (SSSR count). The number of amides is 2. The first-order valence-corrected chi connectivity index (χ1v) is 9.64. The molecule has 154 valence electrons. The minimum atomic E-state index is -0.561. The highest BCUT2D eigenvalue weighted by Crippen LogP contribution is 2.32. The van der Waals surface area contributed by atoms with Crippen LogP contribution in [0.2, 0.25) is 0 Å². The van der Waals surface area contributed by atoms with Gasteiger partial charge in [-0.25, -0.2) is 4.39 Å². The SMILES string of the molecule is COc1c(C(=O)NC2CCCNC2=O)ccc2[nH]nc(C=Cc3ccc(F)cc3)c12. The molecular weight excluding hydrogens is 387 g/mol. The van der Waals surface area contributed by atoms with Crippen LogP contribution < -0.4 is 15.4 Å². The summed E-state index contributed by atoms with van der Waals surface area (Å²) < 4.78 is 18.7. The van der Waals surface area contributed by atoms with Crippen molar-refractivity contribution >= 4 is 34.9 Å². The van der Waals surface area contributed by atoms with Gasteiger partial charge in [0.1, 0.15) is 17.6 Å². The number of nitrogens with one attached hydrogen (secondary N) is 3. The number of piperidine rings is 1. The zero-order valence-electron chi connectivity index (χ0n) is 16.4. The Bertz CT molecular complexity index is 1120. The van der Waals surface area contributed by atoms with E-state index in [-0.39, 0.29) is 17.6 Å². The Morgan fingerprint density at radius 1 is 1.23 bits per heavy atom. The van der Waals surface area contributed by atoms with Crippen molar-refractivity contribution in [3.63, 3.8) is 0 Å². The van der Waals surface area contributed by atoms with Crippen LogP contribution in [0.15, 0.2) is 36.4 Å². The second-order valence-corrected chi connectivity index (χ2v) is 7.02. The summed E-state index contributed by atoms with van der Waals surface area (Å²) in [5, 5.41) is 13.4. The highest BCUT2D eigenvalue weighted by molar-refractivity contribution is 6.06. The summed E-state index contributed by atoms with van der Waals surface area (Å²) in [6.07, 6.45) is 4.98. The molecule has 1 aliphatic heterocycles. The summed E-state index contributed by atoms with van der Waals surface area (Å²) in [6.45, 7) is 0.624. The molecule has 2 aromatic carbocycles. The number of hydrogen-bond acceptors (Lipinski definition) is 4. The lowest BCUT2D eigenvalue weighted by molar-refractivity contribution is -0.124. The van der Waals surface area contributed by atoms with Crippen molar-refractivity contribution in [1.29, 1.82) is 0 Å². The smallest absolute Gasteiger partial charge is 0.255 e. The predicted molar refractivity (Wildman–Crippen MR) is 111 cm³/mol. The molecule has 2 amide bonds. The van der Waals surface area contributed by atoms with Crippen molar-refractivity contribution in [3.8, 4) is 5.75 Å². The number of halogens is 1. The maximum absolute atomic E-state index is 13.1. The molecule has 1 saturated heterocycles. The van der Waals surface area contributed by atoms with E-state index in [0.29, 0.717) is 40.9 Å². The number of carbonyl (C=O) groups is 2. The van der Waals surface area contributed by atoms with E-state index in [1.165, 1.54) is 19.2 Å². The second kappa shape index (κ2) is 8.36. The fourth-order valence-electron chi connectivity index (χ4n) is 3.51. The van der Waals surface area contributed by atoms with Gasteiger partial charge in [-0.2, -0.15) is 5.10 Å². The number of methoxy groups -OCH3 is 1. The molecule has 3 aromatic rings. The normalized spacial score (nSPS) is 16.6. The van der Waals surface area contributed by atoms with E-state index in [2.05, 4.69) is 20.8 Å². The number of aromatic amines is 1. The van der Waals surface area contributed by atoms with Crippen molar-refractivity contribution in [2.75, 3.05) is 13.7 Å². The van der Waals surface area contributed by atoms with Crippen LogP contribution in [0.25, 0.3) is 23.1 Å². The predicted octanol–water partition coefficient (Wildman–Crippen LogP) is 2.89. The highest BCUT2D eigenvalue weighted by atomic mass is 19.1. The number of carbonyl (C=O) groups excluding carboxylic acids is 2. The lowest BCUT2D eigenvalue weighted by Crippen LogP contribution is -2.50. The minimum Gasteiger partial charge on any atom is -0.495 e. The first-order chi connectivity index (χ1) is 14.6. The van der Waals surface area contributed by atoms with Crippen LogP contribution in [-0.4, -0.2) is 41.7 Å². The molecule has 0 bridgehead atoms. The van der Waals surface area contributed by atoms with E-state index in [0.717, 1.165) is 12.0 Å². The number of fused-ring (bicyclic) bond motifs is 1. The minimum absolute atomic E-state index is 0.180. The number of hydrogen-bond donors (Lipinski definition) is 3. The van der Waals surface area contributed by atoms with Gasteiger partial charge in [-0.15, -0.1) is 0 Å². The van der Waals surface area contributed by atoms with Crippen LogP contribution in [0.4, 0.5) is 4.39 Å². The first kappa shape index (κ1) is 19.6. The van der Waals surface area contributed by atoms with Gasteiger partial charge in [-0.3, -0.25) is 14.7 Å². The molecule has 30 heavy (non-hydrogen) atoms. The van der Waals surface area contributed by atoms with Gasteiger partial charge in [0.2, 0.25) is 5.91 Å².